The summed E-state index contributed by atoms with van der Waals surface area (Å²) in [5, 5.41) is 38.1. The van der Waals surface area contributed by atoms with Crippen LogP contribution < -0.4 is 4.74 Å². The van der Waals surface area contributed by atoms with Crippen molar-refractivity contribution < 1.29 is 34.7 Å². The molecule has 0 spiro atoms. The highest BCUT2D eigenvalue weighted by Gasteiger charge is 2.48. The molecule has 0 aromatic heterocycles. The second kappa shape index (κ2) is 5.98. The minimum atomic E-state index is -1.73. The molecule has 7 heteroatoms. The highest BCUT2D eigenvalue weighted by Crippen LogP contribution is 2.25. The molecule has 0 amide bonds. The summed E-state index contributed by atoms with van der Waals surface area (Å²) < 4.78 is 10.5. The molecule has 5 atom stereocenters. The van der Waals surface area contributed by atoms with Crippen molar-refractivity contribution >= 4 is 5.97 Å². The molecule has 4 N–H and O–H groups in total. The van der Waals surface area contributed by atoms with E-state index in [1.807, 2.05) is 19.9 Å². The van der Waals surface area contributed by atoms with Crippen molar-refractivity contribution in [1.29, 1.82) is 0 Å². The third kappa shape index (κ3) is 3.33. The lowest BCUT2D eigenvalue weighted by Gasteiger charge is -2.38. The SMILES string of the molecule is Cc1cc(C)cc(O[C@@H]2O[C@H](C(=O)O)[C@@H](O)[C@H](O)[C@H]2O)c1. The van der Waals surface area contributed by atoms with Crippen molar-refractivity contribution in [3.63, 3.8) is 0 Å². The van der Waals surface area contributed by atoms with Gasteiger partial charge in [0, 0.05) is 0 Å². The fraction of sp³-hybridized carbons (Fsp3) is 0.500. The highest BCUT2D eigenvalue weighted by molar-refractivity contribution is 5.73. The third-order valence-electron chi connectivity index (χ3n) is 3.26. The maximum Gasteiger partial charge on any atom is 0.335 e. The Balaban J connectivity index is 2.19. The number of aliphatic hydroxyl groups excluding tert-OH is 3. The van der Waals surface area contributed by atoms with Crippen molar-refractivity contribution in [1.82, 2.24) is 0 Å². The van der Waals surface area contributed by atoms with Crippen molar-refractivity contribution in [3.05, 3.63) is 29.3 Å². The van der Waals surface area contributed by atoms with Gasteiger partial charge in [-0.15, -0.1) is 0 Å². The summed E-state index contributed by atoms with van der Waals surface area (Å²) in [4.78, 5) is 11.0. The van der Waals surface area contributed by atoms with Crippen LogP contribution >= 0.6 is 0 Å². The van der Waals surface area contributed by atoms with E-state index >= 15 is 0 Å². The van der Waals surface area contributed by atoms with E-state index < -0.39 is 36.7 Å². The molecule has 1 aromatic carbocycles. The van der Waals surface area contributed by atoms with Gasteiger partial charge < -0.3 is 29.9 Å². The smallest absolute Gasteiger partial charge is 0.335 e. The number of aliphatic carboxylic acids is 1. The van der Waals surface area contributed by atoms with Gasteiger partial charge in [0.2, 0.25) is 6.29 Å². The number of benzene rings is 1. The monoisotopic (exact) mass is 298 g/mol. The van der Waals surface area contributed by atoms with Crippen LogP contribution in [0.4, 0.5) is 0 Å². The molecule has 0 radical (unpaired) electrons. The maximum atomic E-state index is 11.0. The number of carboxylic acids is 1. The zero-order chi connectivity index (χ0) is 15.7. The van der Waals surface area contributed by atoms with Crippen LogP contribution in [0.25, 0.3) is 0 Å². The van der Waals surface area contributed by atoms with Gasteiger partial charge >= 0.3 is 5.97 Å². The second-order valence-corrected chi connectivity index (χ2v) is 5.18. The van der Waals surface area contributed by atoms with Crippen LogP contribution in [-0.2, 0) is 9.53 Å². The Bertz CT molecular complexity index is 510. The molecule has 0 bridgehead atoms. The van der Waals surface area contributed by atoms with Crippen LogP contribution in [0, 0.1) is 13.8 Å². The molecule has 7 nitrogen and oxygen atoms in total. The van der Waals surface area contributed by atoms with Crippen LogP contribution in [0.5, 0.6) is 5.75 Å². The molecule has 1 aliphatic rings. The summed E-state index contributed by atoms with van der Waals surface area (Å²) in [5.74, 6) is -1.06. The first-order valence-electron chi connectivity index (χ1n) is 6.47. The molecule has 1 fully saturated rings. The summed E-state index contributed by atoms with van der Waals surface area (Å²) in [6.45, 7) is 3.72. The first-order chi connectivity index (χ1) is 9.79. The average Bonchev–Trinajstić information content (AvgIpc) is 2.38. The van der Waals surface area contributed by atoms with Crippen molar-refractivity contribution in [2.24, 2.45) is 0 Å². The molecular weight excluding hydrogens is 280 g/mol. The number of rotatable bonds is 3. The molecule has 1 aliphatic heterocycles. The van der Waals surface area contributed by atoms with Crippen LogP contribution in [-0.4, -0.2) is 57.1 Å². The van der Waals surface area contributed by atoms with Crippen LogP contribution in [0.2, 0.25) is 0 Å². The molecule has 1 aromatic rings. The minimum Gasteiger partial charge on any atom is -0.479 e. The molecule has 1 saturated heterocycles. The van der Waals surface area contributed by atoms with E-state index in [0.717, 1.165) is 11.1 Å². The van der Waals surface area contributed by atoms with Crippen LogP contribution in [0.1, 0.15) is 11.1 Å². The number of aliphatic hydroxyl groups is 3. The normalized spacial score (nSPS) is 32.7. The van der Waals surface area contributed by atoms with E-state index in [1.165, 1.54) is 0 Å². The Kier molecular flexibility index (Phi) is 4.48. The fourth-order valence-corrected chi connectivity index (χ4v) is 2.28. The third-order valence-corrected chi connectivity index (χ3v) is 3.26. The summed E-state index contributed by atoms with van der Waals surface area (Å²) in [5.41, 5.74) is 1.84. The summed E-state index contributed by atoms with van der Waals surface area (Å²) in [6, 6.07) is 5.30. The lowest BCUT2D eigenvalue weighted by Crippen LogP contribution is -2.61. The van der Waals surface area contributed by atoms with E-state index in [4.69, 9.17) is 14.6 Å². The van der Waals surface area contributed by atoms with Gasteiger partial charge in [0.15, 0.2) is 6.10 Å². The van der Waals surface area contributed by atoms with Crippen molar-refractivity contribution in [2.45, 2.75) is 44.6 Å². The first-order valence-corrected chi connectivity index (χ1v) is 6.47. The van der Waals surface area contributed by atoms with Gasteiger partial charge in [-0.3, -0.25) is 0 Å². The lowest BCUT2D eigenvalue weighted by atomic mass is 9.99. The Morgan fingerprint density at radius 3 is 2.14 bits per heavy atom. The first kappa shape index (κ1) is 15.7. The lowest BCUT2D eigenvalue weighted by molar-refractivity contribution is -0.271. The summed E-state index contributed by atoms with van der Waals surface area (Å²) in [6.07, 6.45) is -8.01. The molecule has 21 heavy (non-hydrogen) atoms. The molecular formula is C14H18O7. The van der Waals surface area contributed by atoms with Gasteiger partial charge in [0.25, 0.3) is 0 Å². The molecule has 116 valence electrons. The van der Waals surface area contributed by atoms with E-state index in [-0.39, 0.29) is 0 Å². The Morgan fingerprint density at radius 2 is 1.62 bits per heavy atom. The van der Waals surface area contributed by atoms with Gasteiger partial charge in [0.1, 0.15) is 24.1 Å². The van der Waals surface area contributed by atoms with Crippen molar-refractivity contribution in [3.8, 4) is 5.75 Å². The predicted octanol–water partition coefficient (Wildman–Crippen LogP) is -0.426. The van der Waals surface area contributed by atoms with Crippen LogP contribution in [0.15, 0.2) is 18.2 Å². The Labute approximate surface area is 121 Å². The number of hydrogen-bond acceptors (Lipinski definition) is 6. The zero-order valence-corrected chi connectivity index (χ0v) is 11.6. The molecule has 0 saturated carbocycles. The molecule has 0 aliphatic carbocycles. The van der Waals surface area contributed by atoms with E-state index in [0.29, 0.717) is 5.75 Å². The van der Waals surface area contributed by atoms with Crippen molar-refractivity contribution in [2.75, 3.05) is 0 Å². The number of carboxylic acid groups (broad SMARTS) is 1. The number of carbonyl (C=O) groups is 1. The predicted molar refractivity (Wildman–Crippen MR) is 70.9 cm³/mol. The van der Waals surface area contributed by atoms with Gasteiger partial charge in [-0.05, 0) is 37.1 Å². The quantitative estimate of drug-likeness (QED) is 0.598. The second-order valence-electron chi connectivity index (χ2n) is 5.18. The highest BCUT2D eigenvalue weighted by atomic mass is 16.7. The largest absolute Gasteiger partial charge is 0.479 e. The number of aryl methyl sites for hydroxylation is 2. The fourth-order valence-electron chi connectivity index (χ4n) is 2.28. The summed E-state index contributed by atoms with van der Waals surface area (Å²) in [7, 11) is 0. The molecule has 1 heterocycles. The van der Waals surface area contributed by atoms with E-state index in [1.54, 1.807) is 12.1 Å². The van der Waals surface area contributed by atoms with Crippen LogP contribution in [0.3, 0.4) is 0 Å². The van der Waals surface area contributed by atoms with E-state index in [9.17, 15) is 20.1 Å². The Morgan fingerprint density at radius 1 is 1.05 bits per heavy atom. The van der Waals surface area contributed by atoms with E-state index in [2.05, 4.69) is 0 Å². The van der Waals surface area contributed by atoms with Gasteiger partial charge in [-0.1, -0.05) is 6.07 Å². The zero-order valence-electron chi connectivity index (χ0n) is 11.6. The average molecular weight is 298 g/mol. The number of ether oxygens (including phenoxy) is 2. The summed E-state index contributed by atoms with van der Waals surface area (Å²) >= 11 is 0. The minimum absolute atomic E-state index is 0.379. The molecule has 2 rings (SSSR count). The van der Waals surface area contributed by atoms with Gasteiger partial charge in [0.05, 0.1) is 0 Å². The van der Waals surface area contributed by atoms with Gasteiger partial charge in [-0.25, -0.2) is 4.79 Å². The maximum absolute atomic E-state index is 11.0. The van der Waals surface area contributed by atoms with Gasteiger partial charge in [-0.2, -0.15) is 0 Å². The standard InChI is InChI=1S/C14H18O7/c1-6-3-7(2)5-8(4-6)20-14-11(17)9(15)10(16)12(21-14)13(18)19/h3-5,9-12,14-17H,1-2H3,(H,18,19)/t9-,10-,11+,12-,14+/m0/s1. The topological polar surface area (TPSA) is 116 Å². The Hall–Kier alpha value is -1.67. The molecule has 0 unspecified atom stereocenters. The number of hydrogen-bond donors (Lipinski definition) is 4.